The van der Waals surface area contributed by atoms with Crippen LogP contribution in [0.2, 0.25) is 0 Å². The maximum absolute atomic E-state index is 12.5. The molecule has 1 saturated heterocycles. The number of likely N-dealkylation sites (N-methyl/N-ethyl adjacent to an activating group) is 2. The lowest BCUT2D eigenvalue weighted by molar-refractivity contribution is -0.144. The van der Waals surface area contributed by atoms with Gasteiger partial charge in [0.05, 0.1) is 12.1 Å². The molecule has 0 aromatic heterocycles. The van der Waals surface area contributed by atoms with Gasteiger partial charge >= 0.3 is 0 Å². The maximum atomic E-state index is 12.5. The molecule has 1 rings (SSSR count). The number of carbonyl (C=O) groups excluding carboxylic acids is 2. The van der Waals surface area contributed by atoms with E-state index in [1.54, 1.807) is 7.05 Å². The minimum absolute atomic E-state index is 0.0133. The molecule has 0 atom stereocenters. The highest BCUT2D eigenvalue weighted by Gasteiger charge is 2.37. The van der Waals surface area contributed by atoms with Crippen LogP contribution < -0.4 is 10.6 Å². The largest absolute Gasteiger partial charge is 0.355 e. The van der Waals surface area contributed by atoms with Gasteiger partial charge in [0, 0.05) is 39.8 Å². The second-order valence-corrected chi connectivity index (χ2v) is 5.41. The summed E-state index contributed by atoms with van der Waals surface area (Å²) < 4.78 is 0. The summed E-state index contributed by atoms with van der Waals surface area (Å²) in [6.45, 7) is 9.92. The zero-order chi connectivity index (χ0) is 14.5. The Morgan fingerprint density at radius 3 is 2.42 bits per heavy atom. The number of amides is 2. The van der Waals surface area contributed by atoms with Crippen molar-refractivity contribution in [2.45, 2.75) is 26.3 Å². The molecule has 0 aliphatic carbocycles. The highest BCUT2D eigenvalue weighted by Crippen LogP contribution is 2.17. The van der Waals surface area contributed by atoms with E-state index in [9.17, 15) is 9.59 Å². The predicted molar refractivity (Wildman–Crippen MR) is 74.8 cm³/mol. The van der Waals surface area contributed by atoms with Crippen molar-refractivity contribution in [1.29, 1.82) is 0 Å². The smallest absolute Gasteiger partial charge is 0.242 e. The summed E-state index contributed by atoms with van der Waals surface area (Å²) in [5, 5.41) is 5.98. The molecule has 0 bridgehead atoms. The molecule has 1 aliphatic heterocycles. The number of carbonyl (C=O) groups is 2. The quantitative estimate of drug-likeness (QED) is 0.691. The van der Waals surface area contributed by atoms with Crippen molar-refractivity contribution in [1.82, 2.24) is 20.4 Å². The summed E-state index contributed by atoms with van der Waals surface area (Å²) in [7, 11) is 1.68. The first kappa shape index (κ1) is 15.9. The zero-order valence-electron chi connectivity index (χ0n) is 12.5. The topological polar surface area (TPSA) is 64.7 Å². The minimum atomic E-state index is -0.566. The van der Waals surface area contributed by atoms with Crippen molar-refractivity contribution in [2.75, 3.05) is 46.3 Å². The molecule has 0 aromatic rings. The number of nitrogens with zero attached hydrogens (tertiary/aromatic N) is 2. The molecule has 6 heteroatoms. The fraction of sp³-hybridized carbons (Fsp3) is 0.846. The summed E-state index contributed by atoms with van der Waals surface area (Å²) >= 11 is 0. The highest BCUT2D eigenvalue weighted by atomic mass is 16.2. The number of piperazine rings is 1. The molecule has 6 nitrogen and oxygen atoms in total. The Hall–Kier alpha value is -1.14. The van der Waals surface area contributed by atoms with Gasteiger partial charge < -0.3 is 15.5 Å². The number of hydrogen-bond acceptors (Lipinski definition) is 4. The lowest BCUT2D eigenvalue weighted by Gasteiger charge is -2.41. The first-order valence-corrected chi connectivity index (χ1v) is 6.87. The van der Waals surface area contributed by atoms with Gasteiger partial charge in [0.25, 0.3) is 0 Å². The molecule has 1 aliphatic rings. The number of rotatable bonds is 5. The Morgan fingerprint density at radius 2 is 1.89 bits per heavy atom. The molecule has 2 amide bonds. The molecule has 2 N–H and O–H groups in total. The molecule has 0 radical (unpaired) electrons. The Labute approximate surface area is 115 Å². The van der Waals surface area contributed by atoms with Gasteiger partial charge in [-0.3, -0.25) is 14.5 Å². The summed E-state index contributed by atoms with van der Waals surface area (Å²) in [4.78, 5) is 27.7. The fourth-order valence-corrected chi connectivity index (χ4v) is 2.37. The average Bonchev–Trinajstić information content (AvgIpc) is 2.39. The lowest BCUT2D eigenvalue weighted by Crippen LogP contribution is -2.60. The Balaban J connectivity index is 2.60. The normalized spacial score (nSPS) is 17.1. The van der Waals surface area contributed by atoms with Crippen LogP contribution in [0.4, 0.5) is 0 Å². The van der Waals surface area contributed by atoms with Crippen LogP contribution >= 0.6 is 0 Å². The summed E-state index contributed by atoms with van der Waals surface area (Å²) in [6, 6.07) is 0. The average molecular weight is 270 g/mol. The van der Waals surface area contributed by atoms with Crippen molar-refractivity contribution in [3.63, 3.8) is 0 Å². The van der Waals surface area contributed by atoms with Gasteiger partial charge in [0.2, 0.25) is 11.8 Å². The van der Waals surface area contributed by atoms with Gasteiger partial charge in [-0.2, -0.15) is 0 Å². The molecule has 0 spiro atoms. The lowest BCUT2D eigenvalue weighted by atomic mass is 9.99. The molecule has 110 valence electrons. The van der Waals surface area contributed by atoms with Crippen LogP contribution in [0.1, 0.15) is 20.8 Å². The maximum Gasteiger partial charge on any atom is 0.242 e. The van der Waals surface area contributed by atoms with Gasteiger partial charge in [-0.1, -0.05) is 0 Å². The van der Waals surface area contributed by atoms with Crippen LogP contribution in [0, 0.1) is 0 Å². The second-order valence-electron chi connectivity index (χ2n) is 5.41. The van der Waals surface area contributed by atoms with Crippen molar-refractivity contribution < 1.29 is 9.59 Å². The predicted octanol–water partition coefficient (Wildman–Crippen LogP) is -0.735. The molecule has 0 aromatic carbocycles. The van der Waals surface area contributed by atoms with Crippen LogP contribution in [0.3, 0.4) is 0 Å². The molecule has 0 saturated carbocycles. The van der Waals surface area contributed by atoms with E-state index >= 15 is 0 Å². The van der Waals surface area contributed by atoms with Gasteiger partial charge in [-0.25, -0.2) is 0 Å². The molecular weight excluding hydrogens is 244 g/mol. The first-order valence-electron chi connectivity index (χ1n) is 6.87. The van der Waals surface area contributed by atoms with E-state index in [0.29, 0.717) is 6.54 Å². The van der Waals surface area contributed by atoms with Crippen molar-refractivity contribution in [3.05, 3.63) is 0 Å². The molecular formula is C13H26N4O2. The van der Waals surface area contributed by atoms with Crippen molar-refractivity contribution in [2.24, 2.45) is 0 Å². The van der Waals surface area contributed by atoms with Gasteiger partial charge in [-0.05, 0) is 20.8 Å². The second kappa shape index (κ2) is 6.86. The molecule has 0 unspecified atom stereocenters. The summed E-state index contributed by atoms with van der Waals surface area (Å²) in [5.41, 5.74) is -0.566. The summed E-state index contributed by atoms with van der Waals surface area (Å²) in [6.07, 6.45) is 0. The Kier molecular flexibility index (Phi) is 5.75. The van der Waals surface area contributed by atoms with Crippen LogP contribution in [-0.4, -0.2) is 73.5 Å². The van der Waals surface area contributed by atoms with E-state index in [4.69, 9.17) is 0 Å². The van der Waals surface area contributed by atoms with E-state index in [2.05, 4.69) is 15.5 Å². The number of hydrogen-bond donors (Lipinski definition) is 2. The Bertz CT molecular complexity index is 325. The monoisotopic (exact) mass is 270 g/mol. The summed E-state index contributed by atoms with van der Waals surface area (Å²) in [5.74, 6) is -0.130. The third-order valence-electron chi connectivity index (χ3n) is 3.53. The minimum Gasteiger partial charge on any atom is -0.355 e. The van der Waals surface area contributed by atoms with E-state index in [0.717, 1.165) is 26.2 Å². The molecule has 1 fully saturated rings. The van der Waals surface area contributed by atoms with Crippen LogP contribution in [0.15, 0.2) is 0 Å². The molecule has 19 heavy (non-hydrogen) atoms. The van der Waals surface area contributed by atoms with E-state index in [1.807, 2.05) is 20.8 Å². The van der Waals surface area contributed by atoms with Crippen molar-refractivity contribution >= 4 is 11.8 Å². The zero-order valence-corrected chi connectivity index (χ0v) is 12.5. The third kappa shape index (κ3) is 4.18. The van der Waals surface area contributed by atoms with E-state index < -0.39 is 5.54 Å². The van der Waals surface area contributed by atoms with Crippen LogP contribution in [0.5, 0.6) is 0 Å². The van der Waals surface area contributed by atoms with E-state index in [1.165, 1.54) is 4.90 Å². The fourth-order valence-electron chi connectivity index (χ4n) is 2.37. The van der Waals surface area contributed by atoms with Gasteiger partial charge in [0.1, 0.15) is 0 Å². The number of nitrogens with one attached hydrogen (secondary N) is 2. The van der Waals surface area contributed by atoms with Crippen LogP contribution in [-0.2, 0) is 9.59 Å². The molecule has 1 heterocycles. The van der Waals surface area contributed by atoms with E-state index in [-0.39, 0.29) is 18.4 Å². The standard InChI is InChI=1S/C13H26N4O2/c1-5-15-11(18)10-16(4)12(19)13(2,3)17-8-6-14-7-9-17/h14H,5-10H2,1-4H3,(H,15,18). The van der Waals surface area contributed by atoms with Crippen LogP contribution in [0.25, 0.3) is 0 Å². The SMILES string of the molecule is CCNC(=O)CN(C)C(=O)C(C)(C)N1CCNCC1. The highest BCUT2D eigenvalue weighted by molar-refractivity contribution is 5.89. The third-order valence-corrected chi connectivity index (χ3v) is 3.53. The first-order chi connectivity index (χ1) is 8.89. The Morgan fingerprint density at radius 1 is 1.32 bits per heavy atom. The van der Waals surface area contributed by atoms with Gasteiger partial charge in [0.15, 0.2) is 0 Å². The van der Waals surface area contributed by atoms with Crippen molar-refractivity contribution in [3.8, 4) is 0 Å². The van der Waals surface area contributed by atoms with Gasteiger partial charge in [-0.15, -0.1) is 0 Å².